The van der Waals surface area contributed by atoms with Crippen molar-refractivity contribution in [3.05, 3.63) is 84.6 Å². The van der Waals surface area contributed by atoms with Gasteiger partial charge in [0.1, 0.15) is 5.69 Å². The number of nitrogens with zero attached hydrogens (tertiary/aromatic N) is 2. The maximum Gasteiger partial charge on any atom is 0.282 e. The molecule has 1 aromatic heterocycles. The van der Waals surface area contributed by atoms with Crippen LogP contribution in [0.15, 0.2) is 88.7 Å². The molecule has 0 atom stereocenters. The average molecular weight is 472 g/mol. The third-order valence-electron chi connectivity index (χ3n) is 4.95. The van der Waals surface area contributed by atoms with Crippen molar-refractivity contribution in [2.45, 2.75) is 16.2 Å². The van der Waals surface area contributed by atoms with Gasteiger partial charge in [0.05, 0.1) is 16.3 Å². The summed E-state index contributed by atoms with van der Waals surface area (Å²) in [5.74, 6) is 0. The molecule has 4 rings (SSSR count). The molecule has 1 heterocycles. The Hall–Kier alpha value is -3.01. The molecule has 0 spiro atoms. The Morgan fingerprint density at radius 2 is 1.53 bits per heavy atom. The van der Waals surface area contributed by atoms with E-state index >= 15 is 0 Å². The van der Waals surface area contributed by atoms with Crippen LogP contribution in [-0.2, 0) is 10.0 Å². The number of benzene rings is 3. The molecule has 2 N–H and O–H groups in total. The van der Waals surface area contributed by atoms with E-state index in [2.05, 4.69) is 5.10 Å². The fourth-order valence-corrected chi connectivity index (χ4v) is 4.38. The highest BCUT2D eigenvalue weighted by atomic mass is 32.2. The van der Waals surface area contributed by atoms with Crippen LogP contribution in [0.4, 0.5) is 8.78 Å². The Kier molecular flexibility index (Phi) is 6.14. The predicted octanol–water partition coefficient (Wildman–Crippen LogP) is 5.51. The summed E-state index contributed by atoms with van der Waals surface area (Å²) in [5.41, 5.74) is 2.10. The van der Waals surface area contributed by atoms with E-state index in [1.54, 1.807) is 54.2 Å². The summed E-state index contributed by atoms with van der Waals surface area (Å²) in [6, 6.07) is 22.0. The molecule has 0 fully saturated rings. The molecule has 0 unspecified atom stereocenters. The van der Waals surface area contributed by atoms with Crippen LogP contribution in [0.1, 0.15) is 12.1 Å². The maximum absolute atomic E-state index is 14.1. The summed E-state index contributed by atoms with van der Waals surface area (Å²) in [5, 5.41) is 9.49. The van der Waals surface area contributed by atoms with Gasteiger partial charge in [-0.05, 0) is 48.2 Å². The van der Waals surface area contributed by atoms with Gasteiger partial charge in [-0.2, -0.15) is 5.10 Å². The number of hydrogen-bond acceptors (Lipinski definition) is 4. The van der Waals surface area contributed by atoms with Crippen molar-refractivity contribution < 1.29 is 17.2 Å². The second-order valence-corrected chi connectivity index (χ2v) is 9.40. The van der Waals surface area contributed by atoms with Gasteiger partial charge in [-0.15, -0.1) is 11.8 Å². The normalized spacial score (nSPS) is 11.8. The van der Waals surface area contributed by atoms with Crippen LogP contribution in [0.25, 0.3) is 28.1 Å². The molecule has 32 heavy (non-hydrogen) atoms. The quantitative estimate of drug-likeness (QED) is 0.376. The molecule has 0 saturated heterocycles. The SMILES string of the molecule is CSc1ccc(-n2nc(C(F)F)c(-c3ccccc3)c2-c2ccc(S(N)(=O)=O)cc2)cc1. The van der Waals surface area contributed by atoms with Crippen molar-refractivity contribution in [2.24, 2.45) is 5.14 Å². The zero-order valence-corrected chi connectivity index (χ0v) is 18.6. The first-order valence-corrected chi connectivity index (χ1v) is 12.3. The smallest absolute Gasteiger partial charge is 0.232 e. The Bertz CT molecular complexity index is 1340. The van der Waals surface area contributed by atoms with E-state index in [9.17, 15) is 17.2 Å². The highest BCUT2D eigenvalue weighted by molar-refractivity contribution is 7.98. The minimum atomic E-state index is -3.89. The second kappa shape index (κ2) is 8.85. The minimum absolute atomic E-state index is 0.0630. The second-order valence-electron chi connectivity index (χ2n) is 6.95. The zero-order chi connectivity index (χ0) is 22.9. The van der Waals surface area contributed by atoms with Crippen LogP contribution in [0.2, 0.25) is 0 Å². The van der Waals surface area contributed by atoms with Gasteiger partial charge < -0.3 is 0 Å². The number of rotatable bonds is 6. The molecular weight excluding hydrogens is 452 g/mol. The zero-order valence-electron chi connectivity index (χ0n) is 16.9. The van der Waals surface area contributed by atoms with Crippen molar-refractivity contribution in [1.82, 2.24) is 9.78 Å². The van der Waals surface area contributed by atoms with Crippen LogP contribution in [-0.4, -0.2) is 24.5 Å². The van der Waals surface area contributed by atoms with Crippen LogP contribution >= 0.6 is 11.8 Å². The van der Waals surface area contributed by atoms with Gasteiger partial charge >= 0.3 is 0 Å². The lowest BCUT2D eigenvalue weighted by Crippen LogP contribution is -2.11. The average Bonchev–Trinajstić information content (AvgIpc) is 3.20. The first-order valence-electron chi connectivity index (χ1n) is 9.53. The molecule has 4 aromatic rings. The van der Waals surface area contributed by atoms with Crippen molar-refractivity contribution in [3.8, 4) is 28.1 Å². The fourth-order valence-electron chi connectivity index (χ4n) is 3.46. The van der Waals surface area contributed by atoms with Gasteiger partial charge in [-0.25, -0.2) is 27.0 Å². The van der Waals surface area contributed by atoms with E-state index in [4.69, 9.17) is 5.14 Å². The van der Waals surface area contributed by atoms with E-state index in [0.29, 0.717) is 22.5 Å². The van der Waals surface area contributed by atoms with Gasteiger partial charge in [0, 0.05) is 16.0 Å². The fraction of sp³-hybridized carbons (Fsp3) is 0.0870. The third kappa shape index (κ3) is 4.32. The lowest BCUT2D eigenvalue weighted by atomic mass is 9.98. The number of sulfonamides is 1. The minimum Gasteiger partial charge on any atom is -0.232 e. The van der Waals surface area contributed by atoms with E-state index in [0.717, 1.165) is 4.90 Å². The van der Waals surface area contributed by atoms with Crippen molar-refractivity contribution >= 4 is 21.8 Å². The Morgan fingerprint density at radius 1 is 0.906 bits per heavy atom. The number of nitrogens with two attached hydrogens (primary N) is 1. The lowest BCUT2D eigenvalue weighted by Gasteiger charge is -2.12. The number of halogens is 2. The van der Waals surface area contributed by atoms with E-state index in [-0.39, 0.29) is 16.2 Å². The summed E-state index contributed by atoms with van der Waals surface area (Å²) < 4.78 is 53.0. The van der Waals surface area contributed by atoms with E-state index in [1.807, 2.05) is 30.5 Å². The highest BCUT2D eigenvalue weighted by Crippen LogP contribution is 2.40. The van der Waals surface area contributed by atoms with Gasteiger partial charge in [0.25, 0.3) is 6.43 Å². The van der Waals surface area contributed by atoms with Crippen LogP contribution in [0.5, 0.6) is 0 Å². The summed E-state index contributed by atoms with van der Waals surface area (Å²) in [4.78, 5) is 0.962. The summed E-state index contributed by atoms with van der Waals surface area (Å²) in [6.07, 6.45) is -0.858. The maximum atomic E-state index is 14.1. The van der Waals surface area contributed by atoms with Crippen molar-refractivity contribution in [1.29, 1.82) is 0 Å². The van der Waals surface area contributed by atoms with E-state index in [1.165, 1.54) is 16.8 Å². The highest BCUT2D eigenvalue weighted by Gasteiger charge is 2.27. The molecule has 0 bridgehead atoms. The number of primary sulfonamides is 1. The Labute approximate surface area is 188 Å². The molecule has 0 aliphatic heterocycles. The first kappa shape index (κ1) is 22.2. The van der Waals surface area contributed by atoms with Crippen LogP contribution in [0.3, 0.4) is 0 Å². The number of alkyl halides is 2. The van der Waals surface area contributed by atoms with Crippen LogP contribution in [0, 0.1) is 0 Å². The molecule has 0 aliphatic rings. The molecule has 3 aromatic carbocycles. The standard InChI is InChI=1S/C23H19F2N3O2S2/c1-31-18-11-9-17(10-12-18)28-22(16-7-13-19(14-8-16)32(26,29)30)20(21(27-28)23(24)25)15-5-3-2-4-6-15/h2-14,23H,1H3,(H2,26,29,30). The molecule has 0 saturated carbocycles. The van der Waals surface area contributed by atoms with Gasteiger partial charge in [0.15, 0.2) is 0 Å². The van der Waals surface area contributed by atoms with Crippen molar-refractivity contribution in [2.75, 3.05) is 6.26 Å². The van der Waals surface area contributed by atoms with Gasteiger partial charge in [-0.1, -0.05) is 42.5 Å². The Balaban J connectivity index is 2.01. The Morgan fingerprint density at radius 3 is 2.06 bits per heavy atom. The summed E-state index contributed by atoms with van der Waals surface area (Å²) in [6.45, 7) is 0. The molecule has 5 nitrogen and oxygen atoms in total. The number of hydrogen-bond donors (Lipinski definition) is 1. The van der Waals surface area contributed by atoms with Crippen molar-refractivity contribution in [3.63, 3.8) is 0 Å². The van der Waals surface area contributed by atoms with Crippen LogP contribution < -0.4 is 5.14 Å². The lowest BCUT2D eigenvalue weighted by molar-refractivity contribution is 0.146. The van der Waals surface area contributed by atoms with Gasteiger partial charge in [0.2, 0.25) is 10.0 Å². The summed E-state index contributed by atoms with van der Waals surface area (Å²) >= 11 is 1.57. The monoisotopic (exact) mass is 471 g/mol. The first-order chi connectivity index (χ1) is 15.3. The molecule has 0 amide bonds. The summed E-state index contributed by atoms with van der Waals surface area (Å²) in [7, 11) is -3.89. The molecule has 164 valence electrons. The number of aromatic nitrogens is 2. The van der Waals surface area contributed by atoms with Gasteiger partial charge in [-0.3, -0.25) is 0 Å². The molecule has 9 heteroatoms. The molecule has 0 aliphatic carbocycles. The molecular formula is C23H19F2N3O2S2. The number of thioether (sulfide) groups is 1. The van der Waals surface area contributed by atoms with E-state index < -0.39 is 16.4 Å². The predicted molar refractivity (Wildman–Crippen MR) is 123 cm³/mol. The molecule has 0 radical (unpaired) electrons. The topological polar surface area (TPSA) is 78.0 Å². The third-order valence-corrected chi connectivity index (χ3v) is 6.63. The largest absolute Gasteiger partial charge is 0.282 e.